The van der Waals surface area contributed by atoms with E-state index in [1.165, 1.54) is 10.8 Å². The monoisotopic (exact) mass is 273 g/mol. The number of amides is 1. The van der Waals surface area contributed by atoms with E-state index in [0.29, 0.717) is 6.54 Å². The number of nitrogens with one attached hydrogen (secondary N) is 1. The summed E-state index contributed by atoms with van der Waals surface area (Å²) >= 11 is 0. The summed E-state index contributed by atoms with van der Waals surface area (Å²) in [5, 5.41) is 4.92. The van der Waals surface area contributed by atoms with Crippen molar-refractivity contribution in [2.24, 2.45) is 0 Å². The molecule has 1 N–H and O–H groups in total. The summed E-state index contributed by atoms with van der Waals surface area (Å²) in [4.78, 5) is 10.1. The van der Waals surface area contributed by atoms with Gasteiger partial charge in [-0.1, -0.05) is 42.5 Å². The van der Waals surface area contributed by atoms with Crippen LogP contribution in [-0.4, -0.2) is 6.41 Å². The summed E-state index contributed by atoms with van der Waals surface area (Å²) in [6, 6.07) is 14.2. The van der Waals surface area contributed by atoms with Crippen molar-refractivity contribution in [2.45, 2.75) is 6.54 Å². The van der Waals surface area contributed by atoms with Gasteiger partial charge in [-0.05, 0) is 16.3 Å². The molecule has 0 aliphatic carbocycles. The van der Waals surface area contributed by atoms with E-state index in [1.54, 1.807) is 6.41 Å². The van der Waals surface area contributed by atoms with Crippen molar-refractivity contribution in [3.63, 3.8) is 0 Å². The molecule has 0 heterocycles. The topological polar surface area (TPSA) is 29.1 Å². The molecular weight excluding hydrogens is 263 g/mol. The molecule has 73 valence electrons. The summed E-state index contributed by atoms with van der Waals surface area (Å²) in [7, 11) is 0. The molecule has 0 atom stereocenters. The van der Waals surface area contributed by atoms with E-state index >= 15 is 0 Å². The van der Waals surface area contributed by atoms with Gasteiger partial charge in [0.1, 0.15) is 0 Å². The number of benzene rings is 2. The van der Waals surface area contributed by atoms with E-state index in [0.717, 1.165) is 5.56 Å². The number of fused-ring (bicyclic) bond motifs is 1. The Hall–Kier alpha value is -0.726. The first-order valence-electron chi connectivity index (χ1n) is 4.48. The normalized spacial score (nSPS) is 9.33. The molecule has 2 rings (SSSR count). The summed E-state index contributed by atoms with van der Waals surface area (Å²) in [6.07, 6.45) is 1.68. The van der Waals surface area contributed by atoms with Gasteiger partial charge >= 0.3 is 0 Å². The Morgan fingerprint density at radius 3 is 2.60 bits per heavy atom. The van der Waals surface area contributed by atoms with Crippen molar-refractivity contribution < 1.29 is 37.5 Å². The third-order valence-corrected chi connectivity index (χ3v) is 2.23. The van der Waals surface area contributed by atoms with Crippen molar-refractivity contribution in [3.05, 3.63) is 48.0 Å². The van der Waals surface area contributed by atoms with E-state index in [9.17, 15) is 4.79 Å². The Morgan fingerprint density at radius 1 is 1.07 bits per heavy atom. The standard InChI is InChI=1S/C12H10NO.Y/c14-9-13-8-11-6-3-5-10-4-1-2-7-12(10)11;/h1-7H,8H2,(H,13,14);/q-1;. The molecular formula is C12H10NOY-. The molecule has 0 spiro atoms. The summed E-state index contributed by atoms with van der Waals surface area (Å²) in [6.45, 7) is 0.533. The minimum Gasteiger partial charge on any atom is -0.526 e. The number of hydrogen-bond donors (Lipinski definition) is 1. The van der Waals surface area contributed by atoms with Crippen LogP contribution in [0.25, 0.3) is 10.8 Å². The molecule has 0 unspecified atom stereocenters. The fourth-order valence-electron chi connectivity index (χ4n) is 1.58. The second-order valence-electron chi connectivity index (χ2n) is 3.09. The van der Waals surface area contributed by atoms with Crippen molar-refractivity contribution in [1.29, 1.82) is 0 Å². The van der Waals surface area contributed by atoms with Crippen LogP contribution in [0.3, 0.4) is 0 Å². The van der Waals surface area contributed by atoms with Crippen LogP contribution in [0.5, 0.6) is 0 Å². The summed E-state index contributed by atoms with van der Waals surface area (Å²) < 4.78 is 0. The first-order valence-corrected chi connectivity index (χ1v) is 4.48. The van der Waals surface area contributed by atoms with E-state index < -0.39 is 0 Å². The van der Waals surface area contributed by atoms with Crippen LogP contribution >= 0.6 is 0 Å². The van der Waals surface area contributed by atoms with Crippen LogP contribution in [0.1, 0.15) is 5.56 Å². The van der Waals surface area contributed by atoms with Crippen LogP contribution in [0.2, 0.25) is 0 Å². The molecule has 2 nitrogen and oxygen atoms in total. The molecule has 0 bridgehead atoms. The predicted molar refractivity (Wildman–Crippen MR) is 56.5 cm³/mol. The molecule has 0 aliphatic heterocycles. The Morgan fingerprint density at radius 2 is 1.80 bits per heavy atom. The van der Waals surface area contributed by atoms with E-state index in [4.69, 9.17) is 0 Å². The zero-order valence-corrected chi connectivity index (χ0v) is 11.1. The fourth-order valence-corrected chi connectivity index (χ4v) is 1.58. The van der Waals surface area contributed by atoms with Gasteiger partial charge in [0.2, 0.25) is 0 Å². The first-order chi connectivity index (χ1) is 6.92. The van der Waals surface area contributed by atoms with Crippen molar-refractivity contribution in [2.75, 3.05) is 0 Å². The van der Waals surface area contributed by atoms with Crippen LogP contribution in [0, 0.1) is 0 Å². The largest absolute Gasteiger partial charge is 0.526 e. The molecule has 1 amide bonds. The summed E-state index contributed by atoms with van der Waals surface area (Å²) in [5.41, 5.74) is 1.12. The second-order valence-corrected chi connectivity index (χ2v) is 3.09. The fraction of sp³-hybridized carbons (Fsp3) is 0.0833. The van der Waals surface area contributed by atoms with Gasteiger partial charge in [0.05, 0.1) is 0 Å². The zero-order valence-electron chi connectivity index (χ0n) is 8.23. The van der Waals surface area contributed by atoms with Crippen molar-refractivity contribution in [3.8, 4) is 0 Å². The van der Waals surface area contributed by atoms with Gasteiger partial charge in [-0.2, -0.15) is 6.41 Å². The predicted octanol–water partition coefficient (Wildman–Crippen LogP) is 1.99. The molecule has 0 aromatic heterocycles. The number of hydrogen-bond acceptors (Lipinski definition) is 1. The third kappa shape index (κ3) is 2.86. The quantitative estimate of drug-likeness (QED) is 0.672. The number of rotatable bonds is 3. The van der Waals surface area contributed by atoms with Crippen LogP contribution in [0.4, 0.5) is 0 Å². The van der Waals surface area contributed by atoms with Gasteiger partial charge in [-0.25, -0.2) is 0 Å². The SMILES string of the molecule is O=[C-]NCc1cccc2ccccc12.[Y]. The molecule has 0 aliphatic rings. The van der Waals surface area contributed by atoms with Crippen molar-refractivity contribution >= 4 is 17.2 Å². The first kappa shape index (κ1) is 12.3. The molecule has 2 aromatic carbocycles. The Bertz CT molecular complexity index is 451. The Kier molecular flexibility index (Phi) is 4.93. The molecule has 0 fully saturated rings. The van der Waals surface area contributed by atoms with E-state index in [1.807, 2.05) is 24.3 Å². The zero-order chi connectivity index (χ0) is 9.80. The van der Waals surface area contributed by atoms with Gasteiger partial charge in [-0.3, -0.25) is 0 Å². The van der Waals surface area contributed by atoms with Crippen LogP contribution < -0.4 is 5.32 Å². The third-order valence-electron chi connectivity index (χ3n) is 2.23. The molecule has 0 saturated carbocycles. The maximum absolute atomic E-state index is 10.1. The molecule has 0 saturated heterocycles. The molecule has 15 heavy (non-hydrogen) atoms. The van der Waals surface area contributed by atoms with Crippen molar-refractivity contribution in [1.82, 2.24) is 5.32 Å². The van der Waals surface area contributed by atoms with E-state index in [-0.39, 0.29) is 32.7 Å². The summed E-state index contributed by atoms with van der Waals surface area (Å²) in [5.74, 6) is 0. The minimum absolute atomic E-state index is 0. The molecule has 3 heteroatoms. The smallest absolute Gasteiger partial charge is 0.0123 e. The van der Waals surface area contributed by atoms with Crippen LogP contribution in [-0.2, 0) is 44.0 Å². The molecule has 2 aromatic rings. The van der Waals surface area contributed by atoms with Crippen LogP contribution in [0.15, 0.2) is 42.5 Å². The maximum Gasteiger partial charge on any atom is 0.0123 e. The van der Waals surface area contributed by atoms with Gasteiger partial charge in [0.25, 0.3) is 0 Å². The maximum atomic E-state index is 10.1. The van der Waals surface area contributed by atoms with Gasteiger partial charge < -0.3 is 10.1 Å². The van der Waals surface area contributed by atoms with Gasteiger partial charge in [0, 0.05) is 39.3 Å². The van der Waals surface area contributed by atoms with E-state index in [2.05, 4.69) is 23.5 Å². The average Bonchev–Trinajstić information content (AvgIpc) is 2.26. The van der Waals surface area contributed by atoms with Gasteiger partial charge in [0.15, 0.2) is 0 Å². The Labute approximate surface area is 114 Å². The minimum atomic E-state index is 0. The second kappa shape index (κ2) is 5.99. The average molecular weight is 273 g/mol. The number of carbonyl (C=O) groups excluding carboxylic acids is 1. The molecule has 1 radical (unpaired) electrons. The Balaban J connectivity index is 0.00000112. The van der Waals surface area contributed by atoms with Gasteiger partial charge in [-0.15, -0.1) is 0 Å².